The topological polar surface area (TPSA) is 50.7 Å². The van der Waals surface area contributed by atoms with Crippen LogP contribution in [0.4, 0.5) is 5.69 Å². The minimum absolute atomic E-state index is 0.00342. The Kier molecular flexibility index (Phi) is 5.44. The van der Waals surface area contributed by atoms with Crippen LogP contribution in [0.25, 0.3) is 0 Å². The van der Waals surface area contributed by atoms with E-state index in [2.05, 4.69) is 19.2 Å². The van der Waals surface area contributed by atoms with Gasteiger partial charge in [-0.25, -0.2) is 0 Å². The van der Waals surface area contributed by atoms with Crippen molar-refractivity contribution in [1.82, 2.24) is 0 Å². The Labute approximate surface area is 109 Å². The Morgan fingerprint density at radius 3 is 2.44 bits per heavy atom. The summed E-state index contributed by atoms with van der Waals surface area (Å²) < 4.78 is 10.6. The van der Waals surface area contributed by atoms with Gasteiger partial charge in [-0.15, -0.1) is 0 Å². The molecule has 0 saturated heterocycles. The summed E-state index contributed by atoms with van der Waals surface area (Å²) in [7, 11) is 3.27. The summed E-state index contributed by atoms with van der Waals surface area (Å²) in [5.74, 6) is 0.972. The second kappa shape index (κ2) is 6.61. The van der Waals surface area contributed by atoms with Crippen LogP contribution in [0.1, 0.15) is 13.8 Å². The fourth-order valence-corrected chi connectivity index (χ4v) is 1.89. The van der Waals surface area contributed by atoms with Crippen molar-refractivity contribution in [2.24, 2.45) is 5.92 Å². The average Bonchev–Trinajstić information content (AvgIpc) is 2.38. The zero-order valence-electron chi connectivity index (χ0n) is 11.6. The Balaban J connectivity index is 3.02. The van der Waals surface area contributed by atoms with Crippen LogP contribution in [0, 0.1) is 5.92 Å². The van der Waals surface area contributed by atoms with Crippen LogP contribution in [-0.2, 0) is 4.74 Å². The third kappa shape index (κ3) is 3.15. The Morgan fingerprint density at radius 2 is 1.94 bits per heavy atom. The maximum atomic E-state index is 9.72. The molecule has 0 amide bonds. The first kappa shape index (κ1) is 14.8. The highest BCUT2D eigenvalue weighted by atomic mass is 16.5. The third-order valence-electron chi connectivity index (χ3n) is 3.28. The van der Waals surface area contributed by atoms with Gasteiger partial charge in [0.25, 0.3) is 0 Å². The van der Waals surface area contributed by atoms with E-state index in [0.29, 0.717) is 6.61 Å². The van der Waals surface area contributed by atoms with Gasteiger partial charge in [-0.05, 0) is 18.1 Å². The highest BCUT2D eigenvalue weighted by Gasteiger charge is 2.33. The standard InChI is InChI=1S/C14H23NO3/c1-11(2)14(9-16,10-17-3)15-12-7-5-6-8-13(12)18-4/h5-8,11,15-16H,9-10H2,1-4H3. The number of rotatable bonds is 7. The molecule has 1 rings (SSSR count). The second-order valence-electron chi connectivity index (χ2n) is 4.73. The minimum Gasteiger partial charge on any atom is -0.495 e. The molecule has 2 N–H and O–H groups in total. The maximum Gasteiger partial charge on any atom is 0.141 e. The van der Waals surface area contributed by atoms with E-state index >= 15 is 0 Å². The number of anilines is 1. The molecule has 0 aliphatic rings. The first-order valence-corrected chi connectivity index (χ1v) is 6.10. The molecule has 4 heteroatoms. The van der Waals surface area contributed by atoms with Crippen molar-refractivity contribution in [3.63, 3.8) is 0 Å². The average molecular weight is 253 g/mol. The van der Waals surface area contributed by atoms with Crippen LogP contribution in [0.5, 0.6) is 5.75 Å². The largest absolute Gasteiger partial charge is 0.495 e. The number of ether oxygens (including phenoxy) is 2. The van der Waals surface area contributed by atoms with E-state index in [4.69, 9.17) is 9.47 Å². The molecule has 1 aromatic rings. The first-order chi connectivity index (χ1) is 8.59. The number of benzene rings is 1. The van der Waals surface area contributed by atoms with Gasteiger partial charge in [0.15, 0.2) is 0 Å². The van der Waals surface area contributed by atoms with Gasteiger partial charge < -0.3 is 19.9 Å². The molecule has 1 aromatic carbocycles. The predicted molar refractivity (Wildman–Crippen MR) is 73.1 cm³/mol. The summed E-state index contributed by atoms with van der Waals surface area (Å²) in [6, 6.07) is 7.66. The van der Waals surface area contributed by atoms with Crippen molar-refractivity contribution >= 4 is 5.69 Å². The minimum atomic E-state index is -0.511. The van der Waals surface area contributed by atoms with E-state index in [1.54, 1.807) is 14.2 Å². The normalized spacial score (nSPS) is 14.3. The summed E-state index contributed by atoms with van der Waals surface area (Å²) in [6.45, 7) is 4.53. The molecule has 0 aromatic heterocycles. The van der Waals surface area contributed by atoms with E-state index in [-0.39, 0.29) is 12.5 Å². The number of hydrogen-bond donors (Lipinski definition) is 2. The van der Waals surface area contributed by atoms with Gasteiger partial charge in [0.1, 0.15) is 5.75 Å². The van der Waals surface area contributed by atoms with Gasteiger partial charge in [0.2, 0.25) is 0 Å². The lowest BCUT2D eigenvalue weighted by molar-refractivity contribution is 0.0723. The van der Waals surface area contributed by atoms with Crippen molar-refractivity contribution in [2.45, 2.75) is 19.4 Å². The summed E-state index contributed by atoms with van der Waals surface area (Å²) >= 11 is 0. The molecular formula is C14H23NO3. The molecule has 0 saturated carbocycles. The van der Waals surface area contributed by atoms with Gasteiger partial charge in [0.05, 0.1) is 31.5 Å². The molecule has 1 atom stereocenters. The van der Waals surface area contributed by atoms with Crippen LogP contribution in [0.15, 0.2) is 24.3 Å². The molecular weight excluding hydrogens is 230 g/mol. The third-order valence-corrected chi connectivity index (χ3v) is 3.28. The Hall–Kier alpha value is -1.26. The molecule has 1 unspecified atom stereocenters. The number of aliphatic hydroxyl groups is 1. The van der Waals surface area contributed by atoms with Gasteiger partial charge in [-0.1, -0.05) is 26.0 Å². The van der Waals surface area contributed by atoms with Crippen molar-refractivity contribution < 1.29 is 14.6 Å². The van der Waals surface area contributed by atoms with E-state index < -0.39 is 5.54 Å². The smallest absolute Gasteiger partial charge is 0.141 e. The van der Waals surface area contributed by atoms with Gasteiger partial charge in [-0.2, -0.15) is 0 Å². The molecule has 0 radical (unpaired) electrons. The fourth-order valence-electron chi connectivity index (χ4n) is 1.89. The molecule has 18 heavy (non-hydrogen) atoms. The zero-order valence-corrected chi connectivity index (χ0v) is 11.6. The molecule has 0 aliphatic heterocycles. The lowest BCUT2D eigenvalue weighted by Gasteiger charge is -2.37. The highest BCUT2D eigenvalue weighted by Crippen LogP contribution is 2.30. The first-order valence-electron chi connectivity index (χ1n) is 6.10. The highest BCUT2D eigenvalue weighted by molar-refractivity contribution is 5.58. The summed E-state index contributed by atoms with van der Waals surface area (Å²) in [4.78, 5) is 0. The molecule has 0 aliphatic carbocycles. The van der Waals surface area contributed by atoms with Crippen LogP contribution >= 0.6 is 0 Å². The number of para-hydroxylation sites is 2. The van der Waals surface area contributed by atoms with Gasteiger partial charge >= 0.3 is 0 Å². The summed E-state index contributed by atoms with van der Waals surface area (Å²) in [5.41, 5.74) is 0.350. The monoisotopic (exact) mass is 253 g/mol. The van der Waals surface area contributed by atoms with Crippen LogP contribution < -0.4 is 10.1 Å². The SMILES string of the molecule is COCC(CO)(Nc1ccccc1OC)C(C)C. The number of methoxy groups -OCH3 is 2. The number of nitrogens with one attached hydrogen (secondary N) is 1. The van der Waals surface area contributed by atoms with E-state index in [0.717, 1.165) is 11.4 Å². The molecule has 102 valence electrons. The van der Waals surface area contributed by atoms with E-state index in [1.807, 2.05) is 24.3 Å². The van der Waals surface area contributed by atoms with Gasteiger partial charge in [0, 0.05) is 7.11 Å². The fraction of sp³-hybridized carbons (Fsp3) is 0.571. The van der Waals surface area contributed by atoms with Crippen LogP contribution in [-0.4, -0.2) is 38.1 Å². The Morgan fingerprint density at radius 1 is 1.28 bits per heavy atom. The lowest BCUT2D eigenvalue weighted by Crippen LogP contribution is -2.51. The molecule has 0 heterocycles. The van der Waals surface area contributed by atoms with Crippen molar-refractivity contribution in [3.8, 4) is 5.75 Å². The van der Waals surface area contributed by atoms with E-state index in [1.165, 1.54) is 0 Å². The zero-order chi connectivity index (χ0) is 13.6. The predicted octanol–water partition coefficient (Wildman–Crippen LogP) is 2.14. The van der Waals surface area contributed by atoms with Crippen LogP contribution in [0.3, 0.4) is 0 Å². The van der Waals surface area contributed by atoms with Crippen molar-refractivity contribution in [3.05, 3.63) is 24.3 Å². The maximum absolute atomic E-state index is 9.72. The number of hydrogen-bond acceptors (Lipinski definition) is 4. The van der Waals surface area contributed by atoms with Gasteiger partial charge in [-0.3, -0.25) is 0 Å². The molecule has 0 fully saturated rings. The lowest BCUT2D eigenvalue weighted by atomic mass is 9.87. The quantitative estimate of drug-likeness (QED) is 0.781. The molecule has 0 bridgehead atoms. The molecule has 4 nitrogen and oxygen atoms in total. The van der Waals surface area contributed by atoms with Crippen molar-refractivity contribution in [1.29, 1.82) is 0 Å². The second-order valence-corrected chi connectivity index (χ2v) is 4.73. The van der Waals surface area contributed by atoms with Crippen molar-refractivity contribution in [2.75, 3.05) is 32.8 Å². The Bertz CT molecular complexity index is 368. The summed E-state index contributed by atoms with van der Waals surface area (Å²) in [5, 5.41) is 13.1. The summed E-state index contributed by atoms with van der Waals surface area (Å²) in [6.07, 6.45) is 0. The molecule has 0 spiro atoms. The van der Waals surface area contributed by atoms with E-state index in [9.17, 15) is 5.11 Å². The number of aliphatic hydroxyl groups excluding tert-OH is 1. The van der Waals surface area contributed by atoms with Crippen LogP contribution in [0.2, 0.25) is 0 Å².